The summed E-state index contributed by atoms with van der Waals surface area (Å²) in [4.78, 5) is 11.6. The van der Waals surface area contributed by atoms with Crippen molar-refractivity contribution in [3.63, 3.8) is 0 Å². The van der Waals surface area contributed by atoms with Gasteiger partial charge in [0.25, 0.3) is 0 Å². The summed E-state index contributed by atoms with van der Waals surface area (Å²) in [6.07, 6.45) is 0. The molecule has 0 bridgehead atoms. The molecule has 3 heteroatoms. The Morgan fingerprint density at radius 2 is 1.90 bits per heavy atom. The van der Waals surface area contributed by atoms with Crippen molar-refractivity contribution in [1.82, 2.24) is 0 Å². The summed E-state index contributed by atoms with van der Waals surface area (Å²) in [5.41, 5.74) is 5.22. The first-order valence-electron chi connectivity index (χ1n) is 7.03. The number of carbonyl (C=O) groups is 1. The quantitative estimate of drug-likeness (QED) is 0.852. The van der Waals surface area contributed by atoms with Crippen molar-refractivity contribution in [1.29, 1.82) is 0 Å². The molecule has 0 fully saturated rings. The number of hydrogen-bond donors (Lipinski definition) is 1. The Hall–Kier alpha value is -2.29. The number of nitrogens with one attached hydrogen (secondary N) is 1. The molecule has 1 unspecified atom stereocenters. The standard InChI is InChI=1S/C18H21NO2/c1-12-8-9-13(2)17(10-12)14(3)19-16-7-5-6-15(11-16)18(20)21-4/h5-11,14,19H,1-4H3. The predicted octanol–water partition coefficient (Wildman–Crippen LogP) is 4.26. The monoisotopic (exact) mass is 283 g/mol. The number of rotatable bonds is 4. The highest BCUT2D eigenvalue weighted by molar-refractivity contribution is 5.90. The van der Waals surface area contributed by atoms with E-state index in [0.29, 0.717) is 5.56 Å². The number of anilines is 1. The summed E-state index contributed by atoms with van der Waals surface area (Å²) in [5.74, 6) is -0.321. The molecule has 0 aliphatic heterocycles. The zero-order valence-electron chi connectivity index (χ0n) is 12.9. The van der Waals surface area contributed by atoms with Gasteiger partial charge in [-0.2, -0.15) is 0 Å². The van der Waals surface area contributed by atoms with Gasteiger partial charge in [0.15, 0.2) is 0 Å². The smallest absolute Gasteiger partial charge is 0.337 e. The molecule has 0 heterocycles. The van der Waals surface area contributed by atoms with Crippen molar-refractivity contribution in [3.8, 4) is 0 Å². The van der Waals surface area contributed by atoms with E-state index in [1.807, 2.05) is 18.2 Å². The second-order valence-corrected chi connectivity index (χ2v) is 5.30. The molecule has 3 nitrogen and oxygen atoms in total. The SMILES string of the molecule is COC(=O)c1cccc(NC(C)c2cc(C)ccc2C)c1. The molecule has 0 amide bonds. The van der Waals surface area contributed by atoms with Gasteiger partial charge in [-0.05, 0) is 50.1 Å². The van der Waals surface area contributed by atoms with E-state index in [-0.39, 0.29) is 12.0 Å². The highest BCUT2D eigenvalue weighted by Crippen LogP contribution is 2.23. The summed E-state index contributed by atoms with van der Waals surface area (Å²) >= 11 is 0. The van der Waals surface area contributed by atoms with E-state index in [2.05, 4.69) is 44.3 Å². The van der Waals surface area contributed by atoms with E-state index < -0.39 is 0 Å². The number of ether oxygens (including phenoxy) is 1. The van der Waals surface area contributed by atoms with E-state index >= 15 is 0 Å². The maximum atomic E-state index is 11.6. The van der Waals surface area contributed by atoms with Crippen LogP contribution in [0.25, 0.3) is 0 Å². The zero-order chi connectivity index (χ0) is 15.4. The van der Waals surface area contributed by atoms with Crippen LogP contribution in [0.15, 0.2) is 42.5 Å². The van der Waals surface area contributed by atoms with Crippen LogP contribution in [0.2, 0.25) is 0 Å². The first-order chi connectivity index (χ1) is 10.0. The van der Waals surface area contributed by atoms with Crippen molar-refractivity contribution < 1.29 is 9.53 Å². The normalized spacial score (nSPS) is 11.8. The van der Waals surface area contributed by atoms with Crippen LogP contribution in [0, 0.1) is 13.8 Å². The number of esters is 1. The van der Waals surface area contributed by atoms with Crippen LogP contribution < -0.4 is 5.32 Å². The van der Waals surface area contributed by atoms with Crippen molar-refractivity contribution >= 4 is 11.7 Å². The molecule has 2 rings (SSSR count). The van der Waals surface area contributed by atoms with Gasteiger partial charge < -0.3 is 10.1 Å². The van der Waals surface area contributed by atoms with Gasteiger partial charge in [-0.15, -0.1) is 0 Å². The third-order valence-electron chi connectivity index (χ3n) is 3.57. The summed E-state index contributed by atoms with van der Waals surface area (Å²) in [6, 6.07) is 14.0. The molecule has 1 atom stereocenters. The highest BCUT2D eigenvalue weighted by Gasteiger charge is 2.10. The van der Waals surface area contributed by atoms with E-state index in [9.17, 15) is 4.79 Å². The van der Waals surface area contributed by atoms with E-state index in [1.54, 1.807) is 6.07 Å². The minimum Gasteiger partial charge on any atom is -0.465 e. The largest absolute Gasteiger partial charge is 0.465 e. The Kier molecular flexibility index (Phi) is 4.63. The molecule has 0 radical (unpaired) electrons. The maximum absolute atomic E-state index is 11.6. The van der Waals surface area contributed by atoms with Crippen LogP contribution in [0.1, 0.15) is 40.0 Å². The average Bonchev–Trinajstić information content (AvgIpc) is 2.49. The maximum Gasteiger partial charge on any atom is 0.337 e. The topological polar surface area (TPSA) is 38.3 Å². The Balaban J connectivity index is 2.21. The molecular weight excluding hydrogens is 262 g/mol. The second-order valence-electron chi connectivity index (χ2n) is 5.30. The molecule has 0 aliphatic carbocycles. The lowest BCUT2D eigenvalue weighted by Crippen LogP contribution is -2.09. The number of methoxy groups -OCH3 is 1. The molecule has 0 aromatic heterocycles. The number of hydrogen-bond acceptors (Lipinski definition) is 3. The lowest BCUT2D eigenvalue weighted by atomic mass is 9.99. The average molecular weight is 283 g/mol. The molecule has 2 aromatic rings. The third kappa shape index (κ3) is 3.63. The first-order valence-corrected chi connectivity index (χ1v) is 7.03. The van der Waals surface area contributed by atoms with Crippen molar-refractivity contribution in [3.05, 3.63) is 64.7 Å². The Bertz CT molecular complexity index is 649. The molecule has 0 saturated heterocycles. The second kappa shape index (κ2) is 6.44. The van der Waals surface area contributed by atoms with Crippen molar-refractivity contribution in [2.75, 3.05) is 12.4 Å². The molecule has 1 N–H and O–H groups in total. The summed E-state index contributed by atoms with van der Waals surface area (Å²) in [7, 11) is 1.39. The molecule has 21 heavy (non-hydrogen) atoms. The van der Waals surface area contributed by atoms with E-state index in [1.165, 1.54) is 23.8 Å². The molecule has 0 saturated carbocycles. The Morgan fingerprint density at radius 3 is 2.62 bits per heavy atom. The fraction of sp³-hybridized carbons (Fsp3) is 0.278. The van der Waals surface area contributed by atoms with Crippen molar-refractivity contribution in [2.45, 2.75) is 26.8 Å². The lowest BCUT2D eigenvalue weighted by molar-refractivity contribution is 0.0601. The first kappa shape index (κ1) is 15.1. The molecule has 0 aliphatic rings. The van der Waals surface area contributed by atoms with Gasteiger partial charge in [-0.3, -0.25) is 0 Å². The molecular formula is C18H21NO2. The zero-order valence-corrected chi connectivity index (χ0v) is 12.9. The fourth-order valence-corrected chi connectivity index (χ4v) is 2.41. The van der Waals surface area contributed by atoms with E-state index in [0.717, 1.165) is 5.69 Å². The summed E-state index contributed by atoms with van der Waals surface area (Å²) in [5, 5.41) is 3.44. The number of carbonyl (C=O) groups excluding carboxylic acids is 1. The van der Waals surface area contributed by atoms with Crippen molar-refractivity contribution in [2.24, 2.45) is 0 Å². The number of benzene rings is 2. The third-order valence-corrected chi connectivity index (χ3v) is 3.57. The molecule has 110 valence electrons. The Morgan fingerprint density at radius 1 is 1.14 bits per heavy atom. The van der Waals surface area contributed by atoms with Gasteiger partial charge in [0, 0.05) is 11.7 Å². The van der Waals surface area contributed by atoms with E-state index in [4.69, 9.17) is 4.74 Å². The predicted molar refractivity (Wildman–Crippen MR) is 85.7 cm³/mol. The molecule has 2 aromatic carbocycles. The van der Waals surface area contributed by atoms with Gasteiger partial charge in [-0.25, -0.2) is 4.79 Å². The van der Waals surface area contributed by atoms with Crippen LogP contribution >= 0.6 is 0 Å². The number of aryl methyl sites for hydroxylation is 2. The fourth-order valence-electron chi connectivity index (χ4n) is 2.41. The Labute approximate surface area is 126 Å². The van der Waals surface area contributed by atoms with Crippen LogP contribution in [0.3, 0.4) is 0 Å². The minimum atomic E-state index is -0.321. The van der Waals surface area contributed by atoms with Crippen LogP contribution in [0.5, 0.6) is 0 Å². The highest BCUT2D eigenvalue weighted by atomic mass is 16.5. The van der Waals surface area contributed by atoms with Gasteiger partial charge >= 0.3 is 5.97 Å². The summed E-state index contributed by atoms with van der Waals surface area (Å²) in [6.45, 7) is 6.32. The molecule has 0 spiro atoms. The lowest BCUT2D eigenvalue weighted by Gasteiger charge is -2.19. The minimum absolute atomic E-state index is 0.165. The van der Waals surface area contributed by atoms with Gasteiger partial charge in [0.05, 0.1) is 12.7 Å². The summed E-state index contributed by atoms with van der Waals surface area (Å²) < 4.78 is 4.75. The van der Waals surface area contributed by atoms with Gasteiger partial charge in [0.1, 0.15) is 0 Å². The van der Waals surface area contributed by atoms with Gasteiger partial charge in [0.2, 0.25) is 0 Å². The van der Waals surface area contributed by atoms with Crippen LogP contribution in [-0.4, -0.2) is 13.1 Å². The van der Waals surface area contributed by atoms with Crippen LogP contribution in [0.4, 0.5) is 5.69 Å². The van der Waals surface area contributed by atoms with Crippen LogP contribution in [-0.2, 0) is 4.74 Å². The van der Waals surface area contributed by atoms with Gasteiger partial charge in [-0.1, -0.05) is 29.8 Å².